The number of alkyl halides is 2. The molecule has 2 N–H and O–H groups in total. The Hall–Kier alpha value is -2.29. The predicted octanol–water partition coefficient (Wildman–Crippen LogP) is 3.03. The van der Waals surface area contributed by atoms with Gasteiger partial charge in [-0.25, -0.2) is 0 Å². The molecule has 30 heavy (non-hydrogen) atoms. The largest absolute Gasteiger partial charge is 0.454 e. The number of aliphatic imine (C=N–C) groups is 1. The Morgan fingerprint density at radius 2 is 2.03 bits per heavy atom. The fourth-order valence-corrected chi connectivity index (χ4v) is 5.73. The zero-order valence-corrected chi connectivity index (χ0v) is 17.0. The van der Waals surface area contributed by atoms with Crippen molar-refractivity contribution in [3.63, 3.8) is 0 Å². The average molecular weight is 423 g/mol. The van der Waals surface area contributed by atoms with E-state index in [9.17, 15) is 8.78 Å². The molecule has 2 saturated carbocycles. The van der Waals surface area contributed by atoms with E-state index in [1.807, 2.05) is 0 Å². The van der Waals surface area contributed by atoms with Gasteiger partial charge in [0.15, 0.2) is 17.5 Å². The lowest BCUT2D eigenvalue weighted by Gasteiger charge is -2.57. The van der Waals surface area contributed by atoms with E-state index in [1.165, 1.54) is 31.7 Å². The lowest BCUT2D eigenvalue weighted by atomic mass is 9.54. The predicted molar refractivity (Wildman–Crippen MR) is 105 cm³/mol. The molecular weight excluding hydrogens is 396 g/mol. The summed E-state index contributed by atoms with van der Waals surface area (Å²) >= 11 is 0. The van der Waals surface area contributed by atoms with Gasteiger partial charge in [-0.05, 0) is 25.3 Å². The molecule has 4 aliphatic rings. The third-order valence-electron chi connectivity index (χ3n) is 7.02. The van der Waals surface area contributed by atoms with Crippen molar-refractivity contribution in [2.75, 3.05) is 20.4 Å². The number of benzene rings is 1. The smallest absolute Gasteiger partial charge is 0.387 e. The van der Waals surface area contributed by atoms with E-state index in [1.54, 1.807) is 13.1 Å². The molecule has 7 nitrogen and oxygen atoms in total. The summed E-state index contributed by atoms with van der Waals surface area (Å²) in [5, 5.41) is 6.86. The van der Waals surface area contributed by atoms with E-state index in [2.05, 4.69) is 15.6 Å². The van der Waals surface area contributed by atoms with E-state index in [0.29, 0.717) is 41.1 Å². The van der Waals surface area contributed by atoms with Crippen LogP contribution in [0.15, 0.2) is 17.1 Å². The minimum atomic E-state index is -2.92. The Kier molecular flexibility index (Phi) is 5.08. The van der Waals surface area contributed by atoms with Crippen LogP contribution in [0.5, 0.6) is 17.2 Å². The van der Waals surface area contributed by atoms with Gasteiger partial charge in [-0.3, -0.25) is 4.99 Å². The van der Waals surface area contributed by atoms with Crippen LogP contribution in [0.4, 0.5) is 8.78 Å². The molecule has 0 radical (unpaired) electrons. The van der Waals surface area contributed by atoms with Gasteiger partial charge in [0, 0.05) is 49.2 Å². The molecule has 9 heteroatoms. The van der Waals surface area contributed by atoms with Crippen molar-refractivity contribution in [1.82, 2.24) is 10.6 Å². The molecule has 2 aliphatic heterocycles. The number of guanidine groups is 1. The fourth-order valence-electron chi connectivity index (χ4n) is 5.73. The summed E-state index contributed by atoms with van der Waals surface area (Å²) in [5.41, 5.74) is 0.746. The van der Waals surface area contributed by atoms with Crippen LogP contribution in [0.1, 0.15) is 37.7 Å². The molecule has 1 spiro atoms. The molecule has 1 saturated heterocycles. The highest BCUT2D eigenvalue weighted by atomic mass is 19.3. The first-order chi connectivity index (χ1) is 14.6. The number of rotatable bonds is 5. The number of fused-ring (bicyclic) bond motifs is 3. The van der Waals surface area contributed by atoms with Crippen LogP contribution >= 0.6 is 0 Å². The minimum absolute atomic E-state index is 0.0670. The third-order valence-corrected chi connectivity index (χ3v) is 7.02. The number of ether oxygens (including phenoxy) is 4. The van der Waals surface area contributed by atoms with E-state index in [-0.39, 0.29) is 24.5 Å². The minimum Gasteiger partial charge on any atom is -0.454 e. The van der Waals surface area contributed by atoms with Gasteiger partial charge in [0.2, 0.25) is 6.79 Å². The van der Waals surface area contributed by atoms with E-state index in [0.717, 1.165) is 13.0 Å². The van der Waals surface area contributed by atoms with Crippen LogP contribution in [0.25, 0.3) is 0 Å². The van der Waals surface area contributed by atoms with E-state index >= 15 is 0 Å². The molecule has 1 aromatic rings. The molecular formula is C21H27F2N3O4. The van der Waals surface area contributed by atoms with Gasteiger partial charge in [-0.15, -0.1) is 0 Å². The Bertz CT molecular complexity index is 829. The topological polar surface area (TPSA) is 73.3 Å². The van der Waals surface area contributed by atoms with Crippen molar-refractivity contribution in [3.05, 3.63) is 17.7 Å². The molecule has 3 atom stereocenters. The zero-order chi connectivity index (χ0) is 20.7. The van der Waals surface area contributed by atoms with E-state index < -0.39 is 6.61 Å². The highest BCUT2D eigenvalue weighted by molar-refractivity contribution is 5.80. The summed E-state index contributed by atoms with van der Waals surface area (Å²) < 4.78 is 47.1. The Morgan fingerprint density at radius 1 is 1.27 bits per heavy atom. The maximum atomic E-state index is 12.9. The van der Waals surface area contributed by atoms with Gasteiger partial charge in [-0.1, -0.05) is 12.8 Å². The van der Waals surface area contributed by atoms with Crippen LogP contribution in [-0.4, -0.2) is 45.2 Å². The quantitative estimate of drug-likeness (QED) is 0.560. The van der Waals surface area contributed by atoms with Crippen molar-refractivity contribution < 1.29 is 27.7 Å². The molecule has 3 fully saturated rings. The Labute approximate surface area is 174 Å². The average Bonchev–Trinajstić information content (AvgIpc) is 3.47. The van der Waals surface area contributed by atoms with Crippen molar-refractivity contribution in [2.24, 2.45) is 16.3 Å². The number of hydrogen-bond donors (Lipinski definition) is 2. The molecule has 2 heterocycles. The van der Waals surface area contributed by atoms with Crippen LogP contribution in [0.3, 0.4) is 0 Å². The Balaban J connectivity index is 1.29. The van der Waals surface area contributed by atoms with Crippen LogP contribution in [0.2, 0.25) is 0 Å². The van der Waals surface area contributed by atoms with Gasteiger partial charge in [0.05, 0.1) is 6.10 Å². The lowest BCUT2D eigenvalue weighted by molar-refractivity contribution is -0.125. The number of halogens is 2. The molecule has 1 aromatic carbocycles. The molecule has 3 unspecified atom stereocenters. The second-order valence-corrected chi connectivity index (χ2v) is 8.42. The lowest BCUT2D eigenvalue weighted by Crippen LogP contribution is -2.69. The van der Waals surface area contributed by atoms with Crippen molar-refractivity contribution in [1.29, 1.82) is 0 Å². The summed E-state index contributed by atoms with van der Waals surface area (Å²) in [4.78, 5) is 4.37. The summed E-state index contributed by atoms with van der Waals surface area (Å²) in [6, 6.07) is 3.44. The molecule has 0 amide bonds. The van der Waals surface area contributed by atoms with Crippen LogP contribution in [-0.2, 0) is 11.3 Å². The normalized spacial score (nSPS) is 28.5. The summed E-state index contributed by atoms with van der Waals surface area (Å²) in [6.07, 6.45) is 6.25. The second kappa shape index (κ2) is 7.76. The van der Waals surface area contributed by atoms with Gasteiger partial charge in [0.25, 0.3) is 0 Å². The van der Waals surface area contributed by atoms with Gasteiger partial charge >= 0.3 is 6.61 Å². The van der Waals surface area contributed by atoms with Crippen LogP contribution in [0, 0.1) is 11.3 Å². The van der Waals surface area contributed by atoms with Crippen molar-refractivity contribution in [3.8, 4) is 17.2 Å². The number of hydrogen-bond acceptors (Lipinski definition) is 5. The third kappa shape index (κ3) is 3.23. The van der Waals surface area contributed by atoms with Gasteiger partial charge in [0.1, 0.15) is 5.75 Å². The second-order valence-electron chi connectivity index (χ2n) is 8.42. The summed E-state index contributed by atoms with van der Waals surface area (Å²) in [5.74, 6) is 2.15. The van der Waals surface area contributed by atoms with Crippen LogP contribution < -0.4 is 24.8 Å². The molecule has 2 aliphatic carbocycles. The van der Waals surface area contributed by atoms with Crippen molar-refractivity contribution >= 4 is 5.96 Å². The first-order valence-electron chi connectivity index (χ1n) is 10.6. The number of nitrogens with one attached hydrogen (secondary N) is 2. The molecule has 164 valence electrons. The Morgan fingerprint density at radius 3 is 2.77 bits per heavy atom. The molecule has 5 rings (SSSR count). The molecule has 0 aromatic heterocycles. The highest BCUT2D eigenvalue weighted by Gasteiger charge is 2.65. The standard InChI is InChI=1S/C21H27F2N3O4/c1-24-20(26-17-13-4-7-27-18(13)21(17)5-2-3-6-21)25-10-12-8-15-16(29-11-28-15)9-14(12)30-19(22)23/h8-9,13,17-19H,2-7,10-11H2,1H3,(H2,24,25,26). The molecule has 0 bridgehead atoms. The highest BCUT2D eigenvalue weighted by Crippen LogP contribution is 2.60. The fraction of sp³-hybridized carbons (Fsp3) is 0.667. The van der Waals surface area contributed by atoms with Crippen molar-refractivity contribution in [2.45, 2.75) is 57.4 Å². The van der Waals surface area contributed by atoms with Gasteiger partial charge < -0.3 is 29.6 Å². The number of nitrogens with zero attached hydrogens (tertiary/aromatic N) is 1. The first-order valence-corrected chi connectivity index (χ1v) is 10.6. The summed E-state index contributed by atoms with van der Waals surface area (Å²) in [7, 11) is 1.72. The maximum Gasteiger partial charge on any atom is 0.387 e. The van der Waals surface area contributed by atoms with E-state index in [4.69, 9.17) is 18.9 Å². The summed E-state index contributed by atoms with van der Waals surface area (Å²) in [6.45, 7) is -1.76. The van der Waals surface area contributed by atoms with Gasteiger partial charge in [-0.2, -0.15) is 8.78 Å². The maximum absolute atomic E-state index is 12.9. The monoisotopic (exact) mass is 423 g/mol. The zero-order valence-electron chi connectivity index (χ0n) is 17.0. The first kappa shape index (κ1) is 19.7. The SMILES string of the molecule is CN=C(NCc1cc2c(cc1OC(F)F)OCO2)NC1C2CCOC2C12CCCC2.